The fraction of sp³-hybridized carbons (Fsp3) is 0.500. The van der Waals surface area contributed by atoms with E-state index in [2.05, 4.69) is 10.6 Å². The van der Waals surface area contributed by atoms with Gasteiger partial charge in [-0.2, -0.15) is 0 Å². The molecule has 1 rings (SSSR count). The van der Waals surface area contributed by atoms with Crippen molar-refractivity contribution < 1.29 is 14.6 Å². The summed E-state index contributed by atoms with van der Waals surface area (Å²) in [5.74, 6) is 0. The predicted octanol–water partition coefficient (Wildman–Crippen LogP) is 2.75. The van der Waals surface area contributed by atoms with E-state index in [0.717, 1.165) is 5.56 Å². The van der Waals surface area contributed by atoms with Gasteiger partial charge in [-0.25, -0.2) is 4.79 Å². The Hall–Kier alpha value is -1.01. The lowest BCUT2D eigenvalue weighted by atomic mass is 10.1. The van der Waals surface area contributed by atoms with Crippen LogP contribution in [-0.2, 0) is 4.74 Å². The molecule has 0 aliphatic heterocycles. The smallest absolute Gasteiger partial charge is 0.315 e. The minimum atomic E-state index is -0.254. The zero-order chi connectivity index (χ0) is 15.7. The first kappa shape index (κ1) is 18.0. The van der Waals surface area contributed by atoms with Crippen LogP contribution in [0.3, 0.4) is 0 Å². The van der Waals surface area contributed by atoms with E-state index >= 15 is 0 Å². The second-order valence-corrected chi connectivity index (χ2v) is 5.30. The van der Waals surface area contributed by atoms with Crippen LogP contribution in [0, 0.1) is 0 Å². The van der Waals surface area contributed by atoms with Crippen LogP contribution < -0.4 is 10.6 Å². The molecule has 0 saturated carbocycles. The van der Waals surface area contributed by atoms with Gasteiger partial charge in [0, 0.05) is 13.2 Å². The zero-order valence-electron chi connectivity index (χ0n) is 11.9. The normalized spacial score (nSPS) is 12.0. The number of rotatable bonds is 8. The van der Waals surface area contributed by atoms with Crippen molar-refractivity contribution in [2.75, 3.05) is 26.4 Å². The number of carbonyl (C=O) groups excluding carboxylic acids is 1. The number of benzene rings is 1. The SMILES string of the molecule is CC(NC(=O)NCCCOCCO)c1ccc(Cl)c(Cl)c1. The van der Waals surface area contributed by atoms with Crippen LogP contribution in [0.4, 0.5) is 4.79 Å². The Morgan fingerprint density at radius 3 is 2.76 bits per heavy atom. The highest BCUT2D eigenvalue weighted by Crippen LogP contribution is 2.25. The third-order valence-corrected chi connectivity index (χ3v) is 3.52. The van der Waals surface area contributed by atoms with Gasteiger partial charge >= 0.3 is 6.03 Å². The van der Waals surface area contributed by atoms with Crippen molar-refractivity contribution in [3.05, 3.63) is 33.8 Å². The summed E-state index contributed by atoms with van der Waals surface area (Å²) in [7, 11) is 0. The van der Waals surface area contributed by atoms with Crippen LogP contribution in [0.15, 0.2) is 18.2 Å². The molecule has 1 unspecified atom stereocenters. The Labute approximate surface area is 134 Å². The van der Waals surface area contributed by atoms with Crippen LogP contribution in [0.2, 0.25) is 10.0 Å². The van der Waals surface area contributed by atoms with Gasteiger partial charge in [-0.15, -0.1) is 0 Å². The minimum absolute atomic E-state index is 0.00901. The van der Waals surface area contributed by atoms with E-state index in [1.54, 1.807) is 12.1 Å². The standard InChI is InChI=1S/C14H20Cl2N2O3/c1-10(11-3-4-12(15)13(16)9-11)18-14(20)17-5-2-7-21-8-6-19/h3-4,9-10,19H,2,5-8H2,1H3,(H2,17,18,20). The third-order valence-electron chi connectivity index (χ3n) is 2.78. The molecule has 0 spiro atoms. The van der Waals surface area contributed by atoms with Gasteiger partial charge in [0.2, 0.25) is 0 Å². The average molecular weight is 335 g/mol. The largest absolute Gasteiger partial charge is 0.394 e. The van der Waals surface area contributed by atoms with Crippen molar-refractivity contribution in [1.29, 1.82) is 0 Å². The maximum Gasteiger partial charge on any atom is 0.315 e. The maximum atomic E-state index is 11.7. The number of halogens is 2. The van der Waals surface area contributed by atoms with Gasteiger partial charge in [0.05, 0.1) is 29.3 Å². The van der Waals surface area contributed by atoms with Crippen molar-refractivity contribution >= 4 is 29.2 Å². The summed E-state index contributed by atoms with van der Waals surface area (Å²) in [4.78, 5) is 11.7. The molecule has 0 fully saturated rings. The molecule has 0 aliphatic carbocycles. The van der Waals surface area contributed by atoms with E-state index in [-0.39, 0.29) is 18.7 Å². The third kappa shape index (κ3) is 7.00. The van der Waals surface area contributed by atoms with Gasteiger partial charge in [-0.05, 0) is 31.0 Å². The first-order valence-corrected chi connectivity index (χ1v) is 7.48. The molecule has 0 aliphatic rings. The fourth-order valence-corrected chi connectivity index (χ4v) is 1.96. The Bertz CT molecular complexity index is 458. The fourth-order valence-electron chi connectivity index (χ4n) is 1.66. The van der Waals surface area contributed by atoms with Crippen LogP contribution in [0.1, 0.15) is 24.9 Å². The minimum Gasteiger partial charge on any atom is -0.394 e. The van der Waals surface area contributed by atoms with Crippen molar-refractivity contribution in [2.24, 2.45) is 0 Å². The highest BCUT2D eigenvalue weighted by atomic mass is 35.5. The van der Waals surface area contributed by atoms with Crippen molar-refractivity contribution in [1.82, 2.24) is 10.6 Å². The molecule has 1 aromatic carbocycles. The first-order chi connectivity index (χ1) is 10.0. The molecule has 3 N–H and O–H groups in total. The molecule has 0 saturated heterocycles. The number of hydrogen-bond donors (Lipinski definition) is 3. The van der Waals surface area contributed by atoms with Crippen molar-refractivity contribution in [3.8, 4) is 0 Å². The molecule has 2 amide bonds. The highest BCUT2D eigenvalue weighted by Gasteiger charge is 2.10. The summed E-state index contributed by atoms with van der Waals surface area (Å²) in [6.45, 7) is 3.20. The molecule has 1 aromatic rings. The van der Waals surface area contributed by atoms with Gasteiger partial charge in [0.15, 0.2) is 0 Å². The Morgan fingerprint density at radius 1 is 1.33 bits per heavy atom. The van der Waals surface area contributed by atoms with Gasteiger partial charge < -0.3 is 20.5 Å². The molecule has 0 radical (unpaired) electrons. The number of aliphatic hydroxyl groups excluding tert-OH is 1. The molecule has 0 heterocycles. The van der Waals surface area contributed by atoms with Crippen LogP contribution in [0.5, 0.6) is 0 Å². The van der Waals surface area contributed by atoms with E-state index in [9.17, 15) is 4.79 Å². The first-order valence-electron chi connectivity index (χ1n) is 6.72. The lowest BCUT2D eigenvalue weighted by Crippen LogP contribution is -2.37. The second kappa shape index (κ2) is 9.84. The molecule has 1 atom stereocenters. The van der Waals surface area contributed by atoms with E-state index in [0.29, 0.717) is 36.2 Å². The number of ether oxygens (including phenoxy) is 1. The molecular weight excluding hydrogens is 315 g/mol. The summed E-state index contributed by atoms with van der Waals surface area (Å²) in [5.41, 5.74) is 0.880. The van der Waals surface area contributed by atoms with E-state index < -0.39 is 0 Å². The van der Waals surface area contributed by atoms with Gasteiger partial charge in [0.1, 0.15) is 0 Å². The lowest BCUT2D eigenvalue weighted by Gasteiger charge is -2.15. The second-order valence-electron chi connectivity index (χ2n) is 4.49. The quantitative estimate of drug-likeness (QED) is 0.640. The van der Waals surface area contributed by atoms with Crippen LogP contribution in [0.25, 0.3) is 0 Å². The average Bonchev–Trinajstić information content (AvgIpc) is 2.45. The molecular formula is C14H20Cl2N2O3. The van der Waals surface area contributed by atoms with Gasteiger partial charge in [-0.3, -0.25) is 0 Å². The summed E-state index contributed by atoms with van der Waals surface area (Å²) in [6, 6.07) is 4.83. The number of aliphatic hydroxyl groups is 1. The number of hydrogen-bond acceptors (Lipinski definition) is 3. The molecule has 21 heavy (non-hydrogen) atoms. The van der Waals surface area contributed by atoms with E-state index in [1.807, 2.05) is 13.0 Å². The molecule has 5 nitrogen and oxygen atoms in total. The number of urea groups is 1. The van der Waals surface area contributed by atoms with Gasteiger partial charge in [-0.1, -0.05) is 29.3 Å². The Kier molecular flexibility index (Phi) is 8.45. The zero-order valence-corrected chi connectivity index (χ0v) is 13.4. The predicted molar refractivity (Wildman–Crippen MR) is 83.9 cm³/mol. The molecule has 7 heteroatoms. The Balaban J connectivity index is 2.28. The van der Waals surface area contributed by atoms with Crippen molar-refractivity contribution in [3.63, 3.8) is 0 Å². The maximum absolute atomic E-state index is 11.7. The summed E-state index contributed by atoms with van der Waals surface area (Å²) < 4.78 is 5.09. The number of nitrogens with one attached hydrogen (secondary N) is 2. The van der Waals surface area contributed by atoms with Crippen LogP contribution >= 0.6 is 23.2 Å². The topological polar surface area (TPSA) is 70.6 Å². The van der Waals surface area contributed by atoms with Gasteiger partial charge in [0.25, 0.3) is 0 Å². The monoisotopic (exact) mass is 334 g/mol. The molecule has 118 valence electrons. The summed E-state index contributed by atoms with van der Waals surface area (Å²) in [6.07, 6.45) is 0.689. The molecule has 0 aromatic heterocycles. The van der Waals surface area contributed by atoms with E-state index in [4.69, 9.17) is 33.0 Å². The Morgan fingerprint density at radius 2 is 2.10 bits per heavy atom. The van der Waals surface area contributed by atoms with E-state index in [1.165, 1.54) is 0 Å². The summed E-state index contributed by atoms with van der Waals surface area (Å²) in [5, 5.41) is 15.0. The summed E-state index contributed by atoms with van der Waals surface area (Å²) >= 11 is 11.8. The lowest BCUT2D eigenvalue weighted by molar-refractivity contribution is 0.0909. The van der Waals surface area contributed by atoms with Crippen molar-refractivity contribution in [2.45, 2.75) is 19.4 Å². The number of carbonyl (C=O) groups is 1. The number of amides is 2. The highest BCUT2D eigenvalue weighted by molar-refractivity contribution is 6.42. The molecule has 0 bridgehead atoms. The van der Waals surface area contributed by atoms with Crippen LogP contribution in [-0.4, -0.2) is 37.5 Å².